The van der Waals surface area contributed by atoms with Crippen molar-refractivity contribution >= 4 is 51.1 Å². The van der Waals surface area contributed by atoms with E-state index >= 15 is 4.39 Å². The Balaban J connectivity index is 0.000000386. The van der Waals surface area contributed by atoms with Crippen LogP contribution in [0.1, 0.15) is 62.6 Å². The second-order valence-corrected chi connectivity index (χ2v) is 14.7. The number of likely N-dealkylation sites (N-methyl/N-ethyl adjacent to an activating group) is 1. The number of aromatic nitrogens is 5. The lowest BCUT2D eigenvalue weighted by Gasteiger charge is -2.27. The molecule has 3 aliphatic heterocycles. The third-order valence-corrected chi connectivity index (χ3v) is 11.4. The average Bonchev–Trinajstić information content (AvgIpc) is 3.96. The molecule has 0 spiro atoms. The second kappa shape index (κ2) is 14.9. The van der Waals surface area contributed by atoms with Crippen molar-refractivity contribution in [1.29, 1.82) is 0 Å². The predicted molar refractivity (Wildman–Crippen MR) is 199 cm³/mol. The zero-order chi connectivity index (χ0) is 36.6. The smallest absolute Gasteiger partial charge is 0.318 e. The quantitative estimate of drug-likeness (QED) is 0.158. The third kappa shape index (κ3) is 7.04. The van der Waals surface area contributed by atoms with Crippen LogP contribution in [0.25, 0.3) is 39.0 Å². The van der Waals surface area contributed by atoms with Crippen molar-refractivity contribution in [2.24, 2.45) is 0 Å². The van der Waals surface area contributed by atoms with E-state index in [1.807, 2.05) is 36.2 Å². The van der Waals surface area contributed by atoms with E-state index in [-0.39, 0.29) is 29.2 Å². The largest absolute Gasteiger partial charge is 0.467 e. The SMILES string of the molecule is COc1nc(N(C)C2CCN(C(=O)/C=C/c3nc(C4CCC4)no3)C2)c2cnc(-c3cccc4cccc(Cl)c34)c(F)c2n1.FC1CC2CCCN2C1. The number of nitrogens with zero attached hydrogens (tertiary/aromatic N) is 8. The molecule has 3 saturated heterocycles. The van der Waals surface area contributed by atoms with Crippen molar-refractivity contribution in [1.82, 2.24) is 34.9 Å². The van der Waals surface area contributed by atoms with Crippen LogP contribution in [0.5, 0.6) is 6.01 Å². The van der Waals surface area contributed by atoms with Crippen LogP contribution in [0.15, 0.2) is 53.2 Å². The minimum Gasteiger partial charge on any atom is -0.467 e. The number of hydrogen-bond acceptors (Lipinski definition) is 10. The van der Waals surface area contributed by atoms with Gasteiger partial charge in [0, 0.05) is 79.0 Å². The summed E-state index contributed by atoms with van der Waals surface area (Å²) >= 11 is 6.53. The number of hydrogen-bond donors (Lipinski definition) is 0. The van der Waals surface area contributed by atoms with Crippen molar-refractivity contribution in [2.75, 3.05) is 45.2 Å². The van der Waals surface area contributed by atoms with E-state index in [0.717, 1.165) is 31.2 Å². The molecule has 11 nitrogen and oxygen atoms in total. The normalized spacial score (nSPS) is 21.6. The molecule has 4 aliphatic rings. The summed E-state index contributed by atoms with van der Waals surface area (Å²) in [4.78, 5) is 36.8. The van der Waals surface area contributed by atoms with Gasteiger partial charge in [0.1, 0.15) is 23.2 Å². The summed E-state index contributed by atoms with van der Waals surface area (Å²) in [5.74, 6) is 1.10. The standard InChI is InChI=1S/C32H29ClFN7O3.C7H12FN/c1-40(20-14-15-41(17-20)25(42)13-12-24-36-30(39-44-24)19-8-3-9-19)31-22-16-35-28(27(34)29(22)37-32(38-31)43-2)21-10-4-6-18-7-5-11-23(33)26(18)21;8-6-4-7-2-1-3-9(7)5-6/h4-7,10-13,16,19-20H,3,8-9,14-15,17H2,1-2H3;6-7H,1-5H2/b13-12+;. The lowest BCUT2D eigenvalue weighted by atomic mass is 9.85. The van der Waals surface area contributed by atoms with Gasteiger partial charge in [0.25, 0.3) is 5.89 Å². The van der Waals surface area contributed by atoms with Gasteiger partial charge < -0.3 is 19.1 Å². The fourth-order valence-electron chi connectivity index (χ4n) is 7.92. The Kier molecular flexibility index (Phi) is 9.95. The number of alkyl halides is 1. The number of likely N-dealkylation sites (tertiary alicyclic amines) is 1. The Morgan fingerprint density at radius 3 is 2.66 bits per heavy atom. The van der Waals surface area contributed by atoms with Crippen LogP contribution in [0.2, 0.25) is 5.02 Å². The highest BCUT2D eigenvalue weighted by Crippen LogP contribution is 2.38. The number of rotatable bonds is 7. The summed E-state index contributed by atoms with van der Waals surface area (Å²) in [6, 6.07) is 11.7. The molecule has 6 heterocycles. The first-order chi connectivity index (χ1) is 25.8. The summed E-state index contributed by atoms with van der Waals surface area (Å²) < 4.78 is 39.5. The number of halogens is 3. The van der Waals surface area contributed by atoms with Crippen molar-refractivity contribution in [3.63, 3.8) is 0 Å². The van der Waals surface area contributed by atoms with E-state index in [1.165, 1.54) is 32.4 Å². The van der Waals surface area contributed by atoms with Gasteiger partial charge >= 0.3 is 6.01 Å². The van der Waals surface area contributed by atoms with Crippen molar-refractivity contribution in [2.45, 2.75) is 69.1 Å². The first kappa shape index (κ1) is 35.3. The van der Waals surface area contributed by atoms with Gasteiger partial charge in [-0.25, -0.2) is 8.78 Å². The molecule has 5 aromatic rings. The Hall–Kier alpha value is -4.75. The molecular weight excluding hydrogens is 702 g/mol. The number of carbonyl (C=O) groups excluding carboxylic acids is 1. The molecule has 1 saturated carbocycles. The molecule has 9 rings (SSSR count). The zero-order valence-corrected chi connectivity index (χ0v) is 30.5. The third-order valence-electron chi connectivity index (χ3n) is 11.0. The number of carbonyl (C=O) groups is 1. The average molecular weight is 743 g/mol. The lowest BCUT2D eigenvalue weighted by Crippen LogP contribution is -2.36. The molecule has 0 bridgehead atoms. The molecule has 3 aromatic heterocycles. The Bertz CT molecular complexity index is 2160. The summed E-state index contributed by atoms with van der Waals surface area (Å²) in [7, 11) is 3.31. The molecule has 0 N–H and O–H groups in total. The van der Waals surface area contributed by atoms with Crippen LogP contribution < -0.4 is 9.64 Å². The van der Waals surface area contributed by atoms with Crippen LogP contribution in [0.3, 0.4) is 0 Å². The number of amides is 1. The number of methoxy groups -OCH3 is 1. The van der Waals surface area contributed by atoms with Gasteiger partial charge in [0.15, 0.2) is 11.6 Å². The van der Waals surface area contributed by atoms with Gasteiger partial charge in [0.05, 0.1) is 12.5 Å². The molecule has 0 radical (unpaired) electrons. The Morgan fingerprint density at radius 2 is 1.89 bits per heavy atom. The fraction of sp³-hybridized carbons (Fsp3) is 0.436. The van der Waals surface area contributed by atoms with E-state index in [9.17, 15) is 9.18 Å². The molecule has 1 aliphatic carbocycles. The molecule has 276 valence electrons. The highest BCUT2D eigenvalue weighted by atomic mass is 35.5. The van der Waals surface area contributed by atoms with Crippen LogP contribution in [0, 0.1) is 5.82 Å². The van der Waals surface area contributed by atoms with E-state index in [0.29, 0.717) is 76.9 Å². The molecule has 1 amide bonds. The lowest BCUT2D eigenvalue weighted by molar-refractivity contribution is -0.124. The number of benzene rings is 2. The number of pyridine rings is 1. The highest BCUT2D eigenvalue weighted by Gasteiger charge is 2.35. The summed E-state index contributed by atoms with van der Waals surface area (Å²) in [5.41, 5.74) is 0.788. The predicted octanol–water partition coefficient (Wildman–Crippen LogP) is 7.24. The number of anilines is 1. The monoisotopic (exact) mass is 742 g/mol. The molecular formula is C39H41ClF2N8O3. The first-order valence-corrected chi connectivity index (χ1v) is 18.6. The summed E-state index contributed by atoms with van der Waals surface area (Å²) in [6.45, 7) is 2.86. The highest BCUT2D eigenvalue weighted by molar-refractivity contribution is 6.36. The molecule has 14 heteroatoms. The molecule has 3 unspecified atom stereocenters. The maximum atomic E-state index is 16.3. The Morgan fingerprint density at radius 1 is 1.06 bits per heavy atom. The van der Waals surface area contributed by atoms with E-state index < -0.39 is 12.0 Å². The van der Waals surface area contributed by atoms with Crippen molar-refractivity contribution < 1.29 is 22.8 Å². The fourth-order valence-corrected chi connectivity index (χ4v) is 8.20. The van der Waals surface area contributed by atoms with Crippen LogP contribution in [-0.2, 0) is 4.79 Å². The topological polar surface area (TPSA) is 114 Å². The second-order valence-electron chi connectivity index (χ2n) is 14.3. The molecule has 53 heavy (non-hydrogen) atoms. The molecule has 2 aromatic carbocycles. The van der Waals surface area contributed by atoms with Crippen LogP contribution >= 0.6 is 11.6 Å². The van der Waals surface area contributed by atoms with E-state index in [1.54, 1.807) is 29.3 Å². The Labute approximate surface area is 311 Å². The van der Waals surface area contributed by atoms with E-state index in [2.05, 4.69) is 30.0 Å². The maximum absolute atomic E-state index is 16.3. The van der Waals surface area contributed by atoms with Gasteiger partial charge in [-0.2, -0.15) is 15.0 Å². The first-order valence-electron chi connectivity index (χ1n) is 18.3. The number of fused-ring (bicyclic) bond motifs is 3. The minimum atomic E-state index is -0.597. The van der Waals surface area contributed by atoms with Gasteiger partial charge in [-0.3, -0.25) is 14.7 Å². The summed E-state index contributed by atoms with van der Waals surface area (Å²) in [6.07, 6.45) is 11.4. The van der Waals surface area contributed by atoms with Gasteiger partial charge in [0.2, 0.25) is 5.91 Å². The number of ether oxygens (including phenoxy) is 1. The van der Waals surface area contributed by atoms with Gasteiger partial charge in [-0.1, -0.05) is 53.5 Å². The minimum absolute atomic E-state index is 0.0287. The van der Waals surface area contributed by atoms with Crippen molar-refractivity contribution in [3.05, 3.63) is 71.2 Å². The maximum Gasteiger partial charge on any atom is 0.318 e. The van der Waals surface area contributed by atoms with Crippen LogP contribution in [-0.4, -0.2) is 99.4 Å². The molecule has 4 fully saturated rings. The van der Waals surface area contributed by atoms with Crippen molar-refractivity contribution in [3.8, 4) is 17.3 Å². The van der Waals surface area contributed by atoms with E-state index in [4.69, 9.17) is 20.9 Å². The zero-order valence-electron chi connectivity index (χ0n) is 29.7. The molecule has 3 atom stereocenters. The summed E-state index contributed by atoms with van der Waals surface area (Å²) in [5, 5.41) is 6.57. The van der Waals surface area contributed by atoms with Gasteiger partial charge in [-0.15, -0.1) is 0 Å². The van der Waals surface area contributed by atoms with Gasteiger partial charge in [-0.05, 0) is 56.5 Å². The van der Waals surface area contributed by atoms with Crippen LogP contribution in [0.4, 0.5) is 14.6 Å².